The number of thiazole rings is 1. The maximum Gasteiger partial charge on any atom is 0.263 e. The van der Waals surface area contributed by atoms with Gasteiger partial charge in [0, 0.05) is 29.5 Å². The van der Waals surface area contributed by atoms with E-state index < -0.39 is 0 Å². The van der Waals surface area contributed by atoms with Crippen LogP contribution in [0.5, 0.6) is 0 Å². The zero-order valence-corrected chi connectivity index (χ0v) is 24.7. The lowest BCUT2D eigenvalue weighted by atomic mass is 9.75. The smallest absolute Gasteiger partial charge is 0.263 e. The molecule has 39 heavy (non-hydrogen) atoms. The highest BCUT2D eigenvalue weighted by Crippen LogP contribution is 2.49. The van der Waals surface area contributed by atoms with E-state index in [2.05, 4.69) is 115 Å². The Hall–Kier alpha value is -3.08. The first-order valence-electron chi connectivity index (χ1n) is 14.2. The van der Waals surface area contributed by atoms with Crippen molar-refractivity contribution in [1.82, 2.24) is 0 Å². The number of hydrogen-bond acceptors (Lipinski definition) is 3. The van der Waals surface area contributed by atoms with Gasteiger partial charge in [-0.1, -0.05) is 91.6 Å². The van der Waals surface area contributed by atoms with E-state index in [1.54, 1.807) is 0 Å². The Kier molecular flexibility index (Phi) is 6.28. The summed E-state index contributed by atoms with van der Waals surface area (Å²) >= 11 is 3.87. The third-order valence-electron chi connectivity index (χ3n) is 8.17. The third-order valence-corrected chi connectivity index (χ3v) is 10.4. The molecule has 0 spiro atoms. The molecule has 2 aliphatic heterocycles. The fourth-order valence-corrected chi connectivity index (χ4v) is 8.94. The number of para-hydroxylation sites is 1. The van der Waals surface area contributed by atoms with Gasteiger partial charge in [0.15, 0.2) is 6.54 Å². The van der Waals surface area contributed by atoms with Crippen molar-refractivity contribution in [1.29, 1.82) is 0 Å². The summed E-state index contributed by atoms with van der Waals surface area (Å²) in [5.41, 5.74) is 10.0. The standard InChI is InChI=1S/C35H35N2S2/c1-4-36-29-21-28(26-10-6-5-7-11-26)15-16-30(29)38-32(36)19-24-18-25(23-35(2,3)22-24)20-33-37-17-9-13-27-12-8-14-31(39-33)34(27)37/h5-8,10-12,14-16,18-21H,4,9,13,17,22-23H2,1-3H3/q+1. The molecule has 0 unspecified atom stereocenters. The van der Waals surface area contributed by atoms with Crippen molar-refractivity contribution in [3.05, 3.63) is 106 Å². The van der Waals surface area contributed by atoms with Gasteiger partial charge < -0.3 is 4.90 Å². The molecule has 3 aliphatic rings. The number of fused-ring (bicyclic) bond motifs is 1. The summed E-state index contributed by atoms with van der Waals surface area (Å²) in [6.45, 7) is 9.21. The van der Waals surface area contributed by atoms with E-state index in [9.17, 15) is 0 Å². The van der Waals surface area contributed by atoms with Crippen molar-refractivity contribution in [2.45, 2.75) is 57.9 Å². The van der Waals surface area contributed by atoms with Crippen LogP contribution in [0.25, 0.3) is 27.4 Å². The second-order valence-electron chi connectivity index (χ2n) is 11.8. The predicted octanol–water partition coefficient (Wildman–Crippen LogP) is 9.41. The number of nitrogens with zero attached hydrogens (tertiary/aromatic N) is 2. The number of thioether (sulfide) groups is 1. The minimum atomic E-state index is 0.240. The second-order valence-corrected chi connectivity index (χ2v) is 13.9. The van der Waals surface area contributed by atoms with Crippen LogP contribution < -0.4 is 9.47 Å². The molecule has 3 aromatic carbocycles. The molecule has 196 valence electrons. The molecular weight excluding hydrogens is 513 g/mol. The maximum absolute atomic E-state index is 2.58. The molecule has 4 aromatic rings. The van der Waals surface area contributed by atoms with Crippen molar-refractivity contribution in [3.8, 4) is 11.1 Å². The normalized spacial score (nSPS) is 20.1. The summed E-state index contributed by atoms with van der Waals surface area (Å²) in [5, 5.41) is 2.75. The number of allylic oxidation sites excluding steroid dienone is 4. The van der Waals surface area contributed by atoms with Crippen LogP contribution in [0.1, 0.15) is 50.6 Å². The average molecular weight is 548 g/mol. The van der Waals surface area contributed by atoms with Crippen LogP contribution in [0.2, 0.25) is 0 Å². The van der Waals surface area contributed by atoms with Crippen molar-refractivity contribution < 1.29 is 4.57 Å². The summed E-state index contributed by atoms with van der Waals surface area (Å²) < 4.78 is 4.00. The van der Waals surface area contributed by atoms with Crippen LogP contribution in [0.3, 0.4) is 0 Å². The Balaban J connectivity index is 1.24. The third kappa shape index (κ3) is 4.68. The lowest BCUT2D eigenvalue weighted by molar-refractivity contribution is -0.671. The van der Waals surface area contributed by atoms with E-state index in [0.717, 1.165) is 25.9 Å². The summed E-state index contributed by atoms with van der Waals surface area (Å²) in [4.78, 5) is 3.84. The van der Waals surface area contributed by atoms with Crippen molar-refractivity contribution in [3.63, 3.8) is 0 Å². The largest absolute Gasteiger partial charge is 0.335 e. The fourth-order valence-electron chi connectivity index (χ4n) is 6.55. The Labute approximate surface area is 240 Å². The number of rotatable bonds is 4. The maximum atomic E-state index is 2.58. The fraction of sp³-hybridized carbons (Fsp3) is 0.286. The van der Waals surface area contributed by atoms with Gasteiger partial charge in [-0.25, -0.2) is 0 Å². The molecule has 1 aliphatic carbocycles. The van der Waals surface area contributed by atoms with Crippen molar-refractivity contribution in [2.24, 2.45) is 5.41 Å². The molecular formula is C35H35N2S2+. The van der Waals surface area contributed by atoms with Gasteiger partial charge >= 0.3 is 0 Å². The van der Waals surface area contributed by atoms with E-state index in [0.29, 0.717) is 0 Å². The molecule has 1 aromatic heterocycles. The van der Waals surface area contributed by atoms with E-state index in [4.69, 9.17) is 0 Å². The first-order valence-corrected chi connectivity index (χ1v) is 15.8. The molecule has 0 N–H and O–H groups in total. The summed E-state index contributed by atoms with van der Waals surface area (Å²) in [6, 6.07) is 24.5. The lowest BCUT2D eigenvalue weighted by Gasteiger charge is -2.31. The Bertz CT molecular complexity index is 1670. The van der Waals surface area contributed by atoms with Gasteiger partial charge in [-0.05, 0) is 78.1 Å². The van der Waals surface area contributed by atoms with Crippen LogP contribution in [0.4, 0.5) is 5.69 Å². The van der Waals surface area contributed by atoms with Gasteiger partial charge in [-0.3, -0.25) is 0 Å². The molecule has 0 radical (unpaired) electrons. The molecule has 0 saturated carbocycles. The SMILES string of the molecule is CCN1C(=CC2=CC(=Cc3sc4cccc5c4[n+]3CCC5)CC(C)(C)C2)Sc2ccc(-c3ccccc3)cc21. The quantitative estimate of drug-likeness (QED) is 0.235. The Morgan fingerprint density at radius 2 is 1.82 bits per heavy atom. The van der Waals surface area contributed by atoms with Crippen LogP contribution in [0.15, 0.2) is 100.0 Å². The number of hydrogen-bond donors (Lipinski definition) is 0. The van der Waals surface area contributed by atoms with Crippen LogP contribution in [0, 0.1) is 5.41 Å². The topological polar surface area (TPSA) is 7.12 Å². The van der Waals surface area contributed by atoms with Crippen molar-refractivity contribution in [2.75, 3.05) is 11.4 Å². The first-order chi connectivity index (χ1) is 19.0. The molecule has 7 rings (SSSR count). The van der Waals surface area contributed by atoms with Crippen LogP contribution in [-0.2, 0) is 13.0 Å². The highest BCUT2D eigenvalue weighted by atomic mass is 32.2. The number of aryl methyl sites for hydroxylation is 2. The molecule has 0 atom stereocenters. The van der Waals surface area contributed by atoms with Gasteiger partial charge in [0.2, 0.25) is 5.52 Å². The van der Waals surface area contributed by atoms with Gasteiger partial charge in [-0.15, -0.1) is 0 Å². The van der Waals surface area contributed by atoms with E-state index in [1.807, 2.05) is 23.1 Å². The number of anilines is 1. The van der Waals surface area contributed by atoms with Crippen LogP contribution >= 0.6 is 23.1 Å². The highest BCUT2D eigenvalue weighted by Gasteiger charge is 2.30. The van der Waals surface area contributed by atoms with Gasteiger partial charge in [0.05, 0.1) is 10.7 Å². The molecule has 4 heteroatoms. The summed E-state index contributed by atoms with van der Waals surface area (Å²) in [6.07, 6.45) is 12.1. The molecule has 3 heterocycles. The summed E-state index contributed by atoms with van der Waals surface area (Å²) in [5.74, 6) is 0. The number of aromatic nitrogens is 1. The van der Waals surface area contributed by atoms with Crippen LogP contribution in [-0.4, -0.2) is 6.54 Å². The zero-order valence-electron chi connectivity index (χ0n) is 23.0. The zero-order chi connectivity index (χ0) is 26.6. The predicted molar refractivity (Wildman–Crippen MR) is 168 cm³/mol. The lowest BCUT2D eigenvalue weighted by Crippen LogP contribution is -2.38. The van der Waals surface area contributed by atoms with Gasteiger partial charge in [0.1, 0.15) is 4.70 Å². The van der Waals surface area contributed by atoms with E-state index in [1.165, 1.54) is 71.5 Å². The van der Waals surface area contributed by atoms with Crippen molar-refractivity contribution >= 4 is 45.1 Å². The Morgan fingerprint density at radius 3 is 2.67 bits per heavy atom. The molecule has 0 saturated heterocycles. The minimum absolute atomic E-state index is 0.240. The monoisotopic (exact) mass is 547 g/mol. The Morgan fingerprint density at radius 1 is 0.949 bits per heavy atom. The van der Waals surface area contributed by atoms with Gasteiger partial charge in [-0.2, -0.15) is 4.57 Å². The number of benzene rings is 3. The molecule has 2 nitrogen and oxygen atoms in total. The van der Waals surface area contributed by atoms with E-state index in [-0.39, 0.29) is 5.41 Å². The highest BCUT2D eigenvalue weighted by molar-refractivity contribution is 8.03. The molecule has 0 fully saturated rings. The molecule has 0 bridgehead atoms. The molecule has 0 amide bonds. The second kappa shape index (κ2) is 9.83. The average Bonchev–Trinajstić information content (AvgIpc) is 3.46. The minimum Gasteiger partial charge on any atom is -0.335 e. The first kappa shape index (κ1) is 24.9. The van der Waals surface area contributed by atoms with E-state index >= 15 is 0 Å². The van der Waals surface area contributed by atoms with Gasteiger partial charge in [0.25, 0.3) is 5.01 Å². The summed E-state index contributed by atoms with van der Waals surface area (Å²) in [7, 11) is 0.